The molecule has 14 heavy (non-hydrogen) atoms. The van der Waals surface area contributed by atoms with Crippen molar-refractivity contribution in [1.29, 1.82) is 0 Å². The first-order valence-corrected chi connectivity index (χ1v) is 3.53. The summed E-state index contributed by atoms with van der Waals surface area (Å²) in [7, 11) is 0. The molecule has 0 heterocycles. The maximum absolute atomic E-state index is 10.2. The monoisotopic (exact) mass is 217 g/mol. The van der Waals surface area contributed by atoms with Gasteiger partial charge in [-0.15, -0.1) is 0 Å². The third-order valence-electron chi connectivity index (χ3n) is 1.15. The van der Waals surface area contributed by atoms with Crippen LogP contribution in [0.5, 0.6) is 5.75 Å². The number of hydrogen-bond donors (Lipinski definition) is 1. The Kier molecular flexibility index (Phi) is 4.91. The summed E-state index contributed by atoms with van der Waals surface area (Å²) in [5.41, 5.74) is -0.285. The van der Waals surface area contributed by atoms with Gasteiger partial charge in [0.2, 0.25) is 0 Å². The number of carbonyl (C=O) groups excluding carboxylic acids is 2. The van der Waals surface area contributed by atoms with Gasteiger partial charge in [0.15, 0.2) is 5.02 Å². The topological polar surface area (TPSA) is 97.5 Å². The number of nitrogens with zero attached hydrogens (tertiary/aromatic N) is 1. The van der Waals surface area contributed by atoms with Gasteiger partial charge in [0.1, 0.15) is 5.75 Å². The van der Waals surface area contributed by atoms with Gasteiger partial charge in [-0.05, 0) is 6.07 Å². The smallest absolute Gasteiger partial charge is 0.373 e. The van der Waals surface area contributed by atoms with Crippen molar-refractivity contribution >= 4 is 23.4 Å². The van der Waals surface area contributed by atoms with Crippen LogP contribution >= 0.6 is 11.6 Å². The van der Waals surface area contributed by atoms with Gasteiger partial charge in [-0.25, -0.2) is 0 Å². The Morgan fingerprint density at radius 2 is 1.93 bits per heavy atom. The molecule has 0 saturated heterocycles. The van der Waals surface area contributed by atoms with E-state index in [1.165, 1.54) is 18.2 Å². The van der Waals surface area contributed by atoms with Crippen LogP contribution in [0.1, 0.15) is 0 Å². The van der Waals surface area contributed by atoms with Gasteiger partial charge < -0.3 is 5.11 Å². The highest BCUT2D eigenvalue weighted by Crippen LogP contribution is 2.31. The summed E-state index contributed by atoms with van der Waals surface area (Å²) < 4.78 is 0. The van der Waals surface area contributed by atoms with Crippen molar-refractivity contribution in [3.05, 3.63) is 33.3 Å². The SMILES string of the molecule is O=C=O.O=[N+]([O-])c1cccc(O)c1Cl. The quantitative estimate of drug-likeness (QED) is 0.566. The summed E-state index contributed by atoms with van der Waals surface area (Å²) in [5, 5.41) is 18.9. The molecule has 7 heteroatoms. The molecule has 0 bridgehead atoms. The fraction of sp³-hybridized carbons (Fsp3) is 0. The van der Waals surface area contributed by atoms with Crippen molar-refractivity contribution in [3.8, 4) is 5.75 Å². The molecule has 0 saturated carbocycles. The molecule has 0 fully saturated rings. The van der Waals surface area contributed by atoms with E-state index in [0.29, 0.717) is 0 Å². The molecule has 0 aromatic heterocycles. The Bertz CT molecular complexity index is 372. The van der Waals surface area contributed by atoms with E-state index in [9.17, 15) is 10.1 Å². The van der Waals surface area contributed by atoms with Gasteiger partial charge in [-0.1, -0.05) is 17.7 Å². The van der Waals surface area contributed by atoms with Crippen LogP contribution in [0.2, 0.25) is 5.02 Å². The summed E-state index contributed by atoms with van der Waals surface area (Å²) in [6.45, 7) is 0. The molecular weight excluding hydrogens is 214 g/mol. The van der Waals surface area contributed by atoms with Crippen LogP contribution in [0.25, 0.3) is 0 Å². The van der Waals surface area contributed by atoms with Gasteiger partial charge in [0.25, 0.3) is 5.69 Å². The second-order valence-electron chi connectivity index (χ2n) is 1.95. The van der Waals surface area contributed by atoms with Crippen molar-refractivity contribution in [2.45, 2.75) is 0 Å². The summed E-state index contributed by atoms with van der Waals surface area (Å²) >= 11 is 5.40. The van der Waals surface area contributed by atoms with Crippen LogP contribution in [0.3, 0.4) is 0 Å². The lowest BCUT2D eigenvalue weighted by molar-refractivity contribution is -0.384. The molecule has 1 aromatic rings. The minimum absolute atomic E-state index is 0.225. The molecule has 0 amide bonds. The first kappa shape index (κ1) is 12.1. The number of benzene rings is 1. The average molecular weight is 218 g/mol. The number of hydrogen-bond acceptors (Lipinski definition) is 5. The molecule has 1 N–H and O–H groups in total. The van der Waals surface area contributed by atoms with E-state index in [1.54, 1.807) is 0 Å². The Labute approximate surface area is 82.9 Å². The Balaban J connectivity index is 0.000000500. The molecule has 1 aromatic carbocycles. The third kappa shape index (κ3) is 3.22. The number of nitro groups is 1. The molecule has 74 valence electrons. The zero-order valence-corrected chi connectivity index (χ0v) is 7.39. The van der Waals surface area contributed by atoms with Gasteiger partial charge in [0.05, 0.1) is 4.92 Å². The van der Waals surface area contributed by atoms with E-state index in [1.807, 2.05) is 0 Å². The third-order valence-corrected chi connectivity index (χ3v) is 1.54. The zero-order chi connectivity index (χ0) is 11.1. The number of phenols is 1. The first-order chi connectivity index (χ1) is 6.54. The predicted octanol–water partition coefficient (Wildman–Crippen LogP) is 1.37. The second kappa shape index (κ2) is 5.69. The van der Waals surface area contributed by atoms with Gasteiger partial charge in [-0.3, -0.25) is 10.1 Å². The maximum atomic E-state index is 10.2. The lowest BCUT2D eigenvalue weighted by atomic mass is 10.3. The van der Waals surface area contributed by atoms with E-state index in [0.717, 1.165) is 0 Å². The molecule has 0 radical (unpaired) electrons. The van der Waals surface area contributed by atoms with Gasteiger partial charge >= 0.3 is 6.15 Å². The van der Waals surface area contributed by atoms with E-state index in [2.05, 4.69) is 0 Å². The minimum Gasteiger partial charge on any atom is -0.506 e. The normalized spacial score (nSPS) is 8.07. The van der Waals surface area contributed by atoms with Crippen molar-refractivity contribution < 1.29 is 19.6 Å². The lowest BCUT2D eigenvalue weighted by Crippen LogP contribution is -1.87. The highest BCUT2D eigenvalue weighted by Gasteiger charge is 2.13. The maximum Gasteiger partial charge on any atom is 0.373 e. The molecular formula is C7H4ClNO5. The molecule has 0 aliphatic rings. The summed E-state index contributed by atoms with van der Waals surface area (Å²) in [4.78, 5) is 25.8. The second-order valence-corrected chi connectivity index (χ2v) is 2.33. The van der Waals surface area contributed by atoms with Crippen LogP contribution in [0.15, 0.2) is 18.2 Å². The van der Waals surface area contributed by atoms with E-state index >= 15 is 0 Å². The fourth-order valence-electron chi connectivity index (χ4n) is 0.649. The molecule has 0 aliphatic carbocycles. The molecule has 0 atom stereocenters. The summed E-state index contributed by atoms with van der Waals surface area (Å²) in [6.07, 6.45) is 0.250. The largest absolute Gasteiger partial charge is 0.506 e. The zero-order valence-electron chi connectivity index (χ0n) is 6.64. The summed E-state index contributed by atoms with van der Waals surface area (Å²) in [6, 6.07) is 3.87. The minimum atomic E-state index is -0.651. The van der Waals surface area contributed by atoms with Crippen LogP contribution in [-0.2, 0) is 9.59 Å². The number of aromatic hydroxyl groups is 1. The Morgan fingerprint density at radius 1 is 1.43 bits per heavy atom. The number of phenolic OH excluding ortho intramolecular Hbond substituents is 1. The summed E-state index contributed by atoms with van der Waals surface area (Å²) in [5.74, 6) is -0.277. The highest BCUT2D eigenvalue weighted by atomic mass is 35.5. The number of nitro benzene ring substituents is 1. The van der Waals surface area contributed by atoms with Gasteiger partial charge in [-0.2, -0.15) is 9.59 Å². The van der Waals surface area contributed by atoms with E-state index < -0.39 is 4.92 Å². The Morgan fingerprint density at radius 3 is 2.29 bits per heavy atom. The lowest BCUT2D eigenvalue weighted by Gasteiger charge is -1.95. The van der Waals surface area contributed by atoms with Crippen LogP contribution in [0.4, 0.5) is 5.69 Å². The van der Waals surface area contributed by atoms with Crippen LogP contribution in [-0.4, -0.2) is 16.2 Å². The van der Waals surface area contributed by atoms with Crippen molar-refractivity contribution in [1.82, 2.24) is 0 Å². The van der Waals surface area contributed by atoms with Crippen LogP contribution in [0, 0.1) is 10.1 Å². The molecule has 0 unspecified atom stereocenters. The fourth-order valence-corrected chi connectivity index (χ4v) is 0.844. The highest BCUT2D eigenvalue weighted by molar-refractivity contribution is 6.34. The van der Waals surface area contributed by atoms with E-state index in [-0.39, 0.29) is 22.6 Å². The number of halogens is 1. The van der Waals surface area contributed by atoms with E-state index in [4.69, 9.17) is 26.3 Å². The van der Waals surface area contributed by atoms with Crippen molar-refractivity contribution in [2.75, 3.05) is 0 Å². The molecule has 0 aliphatic heterocycles. The standard InChI is InChI=1S/C6H4ClNO3.CO2/c7-6-4(8(10)11)2-1-3-5(6)9;2-1-3/h1-3,9H;. The molecule has 1 rings (SSSR count). The molecule has 6 nitrogen and oxygen atoms in total. The number of rotatable bonds is 1. The van der Waals surface area contributed by atoms with Crippen LogP contribution < -0.4 is 0 Å². The molecule has 0 spiro atoms. The van der Waals surface area contributed by atoms with Crippen molar-refractivity contribution in [2.24, 2.45) is 0 Å². The van der Waals surface area contributed by atoms with Gasteiger partial charge in [0, 0.05) is 6.07 Å². The average Bonchev–Trinajstić information content (AvgIpc) is 2.10. The first-order valence-electron chi connectivity index (χ1n) is 3.15. The Hall–Kier alpha value is -1.91. The predicted molar refractivity (Wildman–Crippen MR) is 44.8 cm³/mol. The van der Waals surface area contributed by atoms with Crippen molar-refractivity contribution in [3.63, 3.8) is 0 Å².